The zero-order valence-corrected chi connectivity index (χ0v) is 17.0. The van der Waals surface area contributed by atoms with E-state index in [-0.39, 0.29) is 11.7 Å². The fraction of sp³-hybridized carbons (Fsp3) is 0.348. The number of benzene rings is 2. The van der Waals surface area contributed by atoms with E-state index >= 15 is 0 Å². The van der Waals surface area contributed by atoms with Crippen LogP contribution < -0.4 is 14.2 Å². The number of halogens is 2. The minimum absolute atomic E-state index is 0.0631. The van der Waals surface area contributed by atoms with Gasteiger partial charge in [-0.05, 0) is 41.5 Å². The largest absolute Gasteiger partial charge is 0.486 e. The van der Waals surface area contributed by atoms with E-state index in [9.17, 15) is 13.6 Å². The molecule has 1 fully saturated rings. The number of ether oxygens (including phenoxy) is 3. The molecule has 4 rings (SSSR count). The Kier molecular flexibility index (Phi) is 6.66. The van der Waals surface area contributed by atoms with E-state index in [0.717, 1.165) is 42.3 Å². The Hall–Kier alpha value is -3.13. The lowest BCUT2D eigenvalue weighted by Crippen LogP contribution is -2.47. The molecule has 6 nitrogen and oxygen atoms in total. The molecule has 2 aliphatic rings. The fourth-order valence-electron chi connectivity index (χ4n) is 3.60. The molecule has 0 radical (unpaired) electrons. The van der Waals surface area contributed by atoms with Crippen molar-refractivity contribution in [3.05, 3.63) is 59.7 Å². The van der Waals surface area contributed by atoms with Gasteiger partial charge in [0.1, 0.15) is 19.0 Å². The summed E-state index contributed by atoms with van der Waals surface area (Å²) >= 11 is 0. The number of fused-ring (bicyclic) bond motifs is 1. The predicted molar refractivity (Wildman–Crippen MR) is 111 cm³/mol. The van der Waals surface area contributed by atoms with Gasteiger partial charge in [-0.2, -0.15) is 8.78 Å². The zero-order chi connectivity index (χ0) is 21.6. The van der Waals surface area contributed by atoms with Gasteiger partial charge in [0.25, 0.3) is 0 Å². The molecule has 0 aliphatic carbocycles. The van der Waals surface area contributed by atoms with E-state index in [1.54, 1.807) is 18.2 Å². The smallest absolute Gasteiger partial charge is 0.387 e. The van der Waals surface area contributed by atoms with Crippen LogP contribution in [0, 0.1) is 0 Å². The standard InChI is InChI=1S/C23H24F2N2O4/c24-23(25)31-19-5-1-17(2-6-19)4-8-22(28)27-11-9-26(10-12-27)16-18-3-7-20-21(15-18)30-14-13-29-20/h1-8,15,23H,9-14,16H2/b8-4+. The Balaban J connectivity index is 1.25. The third kappa shape index (κ3) is 5.73. The van der Waals surface area contributed by atoms with Gasteiger partial charge < -0.3 is 19.1 Å². The van der Waals surface area contributed by atoms with Crippen LogP contribution in [0.15, 0.2) is 48.5 Å². The maximum Gasteiger partial charge on any atom is 0.387 e. The molecule has 0 aromatic heterocycles. The highest BCUT2D eigenvalue weighted by Gasteiger charge is 2.20. The highest BCUT2D eigenvalue weighted by atomic mass is 19.3. The summed E-state index contributed by atoms with van der Waals surface area (Å²) in [6.45, 7) is 1.96. The second kappa shape index (κ2) is 9.78. The maximum atomic E-state index is 12.5. The molecule has 0 spiro atoms. The van der Waals surface area contributed by atoms with Crippen molar-refractivity contribution in [1.82, 2.24) is 9.80 Å². The van der Waals surface area contributed by atoms with Gasteiger partial charge >= 0.3 is 6.61 Å². The van der Waals surface area contributed by atoms with Crippen LogP contribution in [0.4, 0.5) is 8.78 Å². The number of rotatable bonds is 6. The molecular weight excluding hydrogens is 406 g/mol. The van der Waals surface area contributed by atoms with Crippen molar-refractivity contribution < 1.29 is 27.8 Å². The summed E-state index contributed by atoms with van der Waals surface area (Å²) in [6.07, 6.45) is 3.19. The molecule has 0 atom stereocenters. The quantitative estimate of drug-likeness (QED) is 0.658. The average molecular weight is 430 g/mol. The van der Waals surface area contributed by atoms with Crippen molar-refractivity contribution >= 4 is 12.0 Å². The molecule has 0 saturated carbocycles. The van der Waals surface area contributed by atoms with Crippen molar-refractivity contribution in [2.75, 3.05) is 39.4 Å². The van der Waals surface area contributed by atoms with E-state index in [2.05, 4.69) is 9.64 Å². The lowest BCUT2D eigenvalue weighted by Gasteiger charge is -2.34. The van der Waals surface area contributed by atoms with Crippen molar-refractivity contribution in [1.29, 1.82) is 0 Å². The Morgan fingerprint density at radius 2 is 1.71 bits per heavy atom. The lowest BCUT2D eigenvalue weighted by atomic mass is 10.1. The van der Waals surface area contributed by atoms with Crippen molar-refractivity contribution in [3.63, 3.8) is 0 Å². The summed E-state index contributed by atoms with van der Waals surface area (Å²) in [7, 11) is 0. The van der Waals surface area contributed by atoms with Gasteiger partial charge in [0.05, 0.1) is 0 Å². The molecule has 2 heterocycles. The third-order valence-corrected chi connectivity index (χ3v) is 5.22. The second-order valence-electron chi connectivity index (χ2n) is 7.36. The lowest BCUT2D eigenvalue weighted by molar-refractivity contribution is -0.127. The highest BCUT2D eigenvalue weighted by molar-refractivity contribution is 5.91. The molecular formula is C23H24F2N2O4. The molecule has 0 unspecified atom stereocenters. The first-order valence-corrected chi connectivity index (χ1v) is 10.2. The normalized spacial score (nSPS) is 16.7. The van der Waals surface area contributed by atoms with E-state index in [1.165, 1.54) is 18.2 Å². The monoisotopic (exact) mass is 430 g/mol. The SMILES string of the molecule is O=C(/C=C/c1ccc(OC(F)F)cc1)N1CCN(Cc2ccc3c(c2)OCCO3)CC1. The van der Waals surface area contributed by atoms with Crippen molar-refractivity contribution in [3.8, 4) is 17.2 Å². The number of carbonyl (C=O) groups is 1. The van der Waals surface area contributed by atoms with Gasteiger partial charge in [0.2, 0.25) is 5.91 Å². The van der Waals surface area contributed by atoms with Crippen LogP contribution in [-0.2, 0) is 11.3 Å². The molecule has 2 aromatic rings. The van der Waals surface area contributed by atoms with Gasteiger partial charge in [-0.3, -0.25) is 9.69 Å². The van der Waals surface area contributed by atoms with Gasteiger partial charge in [-0.1, -0.05) is 18.2 Å². The Morgan fingerprint density at radius 1 is 1.00 bits per heavy atom. The number of amides is 1. The summed E-state index contributed by atoms with van der Waals surface area (Å²) in [4.78, 5) is 16.6. The molecule has 164 valence electrons. The van der Waals surface area contributed by atoms with E-state index in [1.807, 2.05) is 23.1 Å². The number of nitrogens with zero attached hydrogens (tertiary/aromatic N) is 2. The van der Waals surface area contributed by atoms with Crippen LogP contribution >= 0.6 is 0 Å². The number of hydrogen-bond acceptors (Lipinski definition) is 5. The molecule has 8 heteroatoms. The van der Waals surface area contributed by atoms with Crippen LogP contribution in [0.25, 0.3) is 6.08 Å². The summed E-state index contributed by atoms with van der Waals surface area (Å²) < 4.78 is 39.9. The Morgan fingerprint density at radius 3 is 2.42 bits per heavy atom. The number of alkyl halides is 2. The minimum atomic E-state index is -2.85. The first-order valence-electron chi connectivity index (χ1n) is 10.2. The number of carbonyl (C=O) groups excluding carboxylic acids is 1. The molecule has 0 N–H and O–H groups in total. The summed E-state index contributed by atoms with van der Waals surface area (Å²) in [6, 6.07) is 12.2. The maximum absolute atomic E-state index is 12.5. The zero-order valence-electron chi connectivity index (χ0n) is 17.0. The number of hydrogen-bond donors (Lipinski definition) is 0. The van der Waals surface area contributed by atoms with Gasteiger partial charge in [-0.25, -0.2) is 0 Å². The summed E-state index contributed by atoms with van der Waals surface area (Å²) in [5, 5.41) is 0. The first kappa shape index (κ1) is 21.1. The van der Waals surface area contributed by atoms with Gasteiger partial charge in [0, 0.05) is 38.8 Å². The molecule has 1 amide bonds. The molecule has 1 saturated heterocycles. The van der Waals surface area contributed by atoms with Crippen LogP contribution in [0.1, 0.15) is 11.1 Å². The van der Waals surface area contributed by atoms with Crippen LogP contribution in [0.3, 0.4) is 0 Å². The minimum Gasteiger partial charge on any atom is -0.486 e. The predicted octanol–water partition coefficient (Wildman–Crippen LogP) is 3.42. The van der Waals surface area contributed by atoms with E-state index in [4.69, 9.17) is 9.47 Å². The van der Waals surface area contributed by atoms with Crippen LogP contribution in [0.5, 0.6) is 17.2 Å². The molecule has 0 bridgehead atoms. The van der Waals surface area contributed by atoms with Crippen molar-refractivity contribution in [2.45, 2.75) is 13.2 Å². The fourth-order valence-corrected chi connectivity index (χ4v) is 3.60. The van der Waals surface area contributed by atoms with Crippen LogP contribution in [-0.4, -0.2) is 61.7 Å². The van der Waals surface area contributed by atoms with Gasteiger partial charge in [-0.15, -0.1) is 0 Å². The topological polar surface area (TPSA) is 51.2 Å². The summed E-state index contributed by atoms with van der Waals surface area (Å²) in [5.74, 6) is 1.60. The van der Waals surface area contributed by atoms with E-state index in [0.29, 0.717) is 26.3 Å². The Labute approximate surface area is 179 Å². The molecule has 31 heavy (non-hydrogen) atoms. The molecule has 2 aliphatic heterocycles. The number of piperazine rings is 1. The highest BCUT2D eigenvalue weighted by Crippen LogP contribution is 2.31. The van der Waals surface area contributed by atoms with E-state index < -0.39 is 6.61 Å². The third-order valence-electron chi connectivity index (χ3n) is 5.22. The summed E-state index contributed by atoms with van der Waals surface area (Å²) in [5.41, 5.74) is 1.90. The molecule has 2 aromatic carbocycles. The Bertz CT molecular complexity index is 926. The average Bonchev–Trinajstić information content (AvgIpc) is 2.78. The van der Waals surface area contributed by atoms with Crippen LogP contribution in [0.2, 0.25) is 0 Å². The van der Waals surface area contributed by atoms with Crippen molar-refractivity contribution in [2.24, 2.45) is 0 Å². The van der Waals surface area contributed by atoms with Gasteiger partial charge in [0.15, 0.2) is 11.5 Å². The first-order chi connectivity index (χ1) is 15.1. The second-order valence-corrected chi connectivity index (χ2v) is 7.36.